The molecule has 1 amide bonds. The molecule has 6 nitrogen and oxygen atoms in total. The number of carboxylic acid groups (broad SMARTS) is 1. The topological polar surface area (TPSA) is 104 Å². The fraction of sp³-hybridized carbons (Fsp3) is 0.385. The standard InChI is InChI=1S/C13H18ClN3O3/c1-8-2-3-9(6-10(8)14)17-12(18)7-11(13(19)20)16-5-4-15/h2-3,6,11,16H,4-5,7,15H2,1H3,(H,17,18)(H,19,20)/t11-/m0/s1. The lowest BCUT2D eigenvalue weighted by molar-refractivity contribution is -0.141. The van der Waals surface area contributed by atoms with Crippen molar-refractivity contribution in [2.75, 3.05) is 18.4 Å². The monoisotopic (exact) mass is 299 g/mol. The summed E-state index contributed by atoms with van der Waals surface area (Å²) in [4.78, 5) is 22.8. The van der Waals surface area contributed by atoms with E-state index in [0.717, 1.165) is 5.56 Å². The van der Waals surface area contributed by atoms with E-state index in [1.807, 2.05) is 6.92 Å². The number of carboxylic acids is 1. The summed E-state index contributed by atoms with van der Waals surface area (Å²) in [7, 11) is 0. The van der Waals surface area contributed by atoms with Gasteiger partial charge in [0.05, 0.1) is 6.42 Å². The van der Waals surface area contributed by atoms with Gasteiger partial charge in [0.2, 0.25) is 5.91 Å². The predicted molar refractivity (Wildman–Crippen MR) is 77.9 cm³/mol. The van der Waals surface area contributed by atoms with Crippen LogP contribution >= 0.6 is 11.6 Å². The number of anilines is 1. The maximum Gasteiger partial charge on any atom is 0.321 e. The first-order chi connectivity index (χ1) is 9.43. The molecule has 5 N–H and O–H groups in total. The summed E-state index contributed by atoms with van der Waals surface area (Å²) < 4.78 is 0. The van der Waals surface area contributed by atoms with Crippen LogP contribution in [0.1, 0.15) is 12.0 Å². The number of carbonyl (C=O) groups excluding carboxylic acids is 1. The first-order valence-corrected chi connectivity index (χ1v) is 6.54. The minimum absolute atomic E-state index is 0.180. The van der Waals surface area contributed by atoms with Crippen molar-refractivity contribution in [1.82, 2.24) is 5.32 Å². The van der Waals surface area contributed by atoms with Crippen molar-refractivity contribution in [3.05, 3.63) is 28.8 Å². The quantitative estimate of drug-likeness (QED) is 0.601. The second-order valence-electron chi connectivity index (χ2n) is 4.35. The third-order valence-corrected chi connectivity index (χ3v) is 3.09. The molecule has 1 aromatic carbocycles. The summed E-state index contributed by atoms with van der Waals surface area (Å²) in [6, 6.07) is 4.15. The molecule has 110 valence electrons. The van der Waals surface area contributed by atoms with Gasteiger partial charge >= 0.3 is 5.97 Å². The number of halogens is 1. The molecule has 0 aliphatic carbocycles. The summed E-state index contributed by atoms with van der Waals surface area (Å²) in [6.07, 6.45) is -0.180. The molecule has 0 spiro atoms. The average Bonchev–Trinajstić information content (AvgIpc) is 2.38. The lowest BCUT2D eigenvalue weighted by Crippen LogP contribution is -2.41. The predicted octanol–water partition coefficient (Wildman–Crippen LogP) is 0.979. The van der Waals surface area contributed by atoms with Gasteiger partial charge in [-0.15, -0.1) is 0 Å². The zero-order chi connectivity index (χ0) is 15.1. The molecule has 0 saturated carbocycles. The number of nitrogens with two attached hydrogens (primary N) is 1. The fourth-order valence-corrected chi connectivity index (χ4v) is 1.75. The van der Waals surface area contributed by atoms with Gasteiger partial charge in [0.25, 0.3) is 0 Å². The first-order valence-electron chi connectivity index (χ1n) is 6.16. The van der Waals surface area contributed by atoms with Crippen molar-refractivity contribution >= 4 is 29.2 Å². The zero-order valence-corrected chi connectivity index (χ0v) is 11.9. The molecule has 0 aliphatic rings. The number of aliphatic carboxylic acids is 1. The molecule has 0 aromatic heterocycles. The van der Waals surface area contributed by atoms with Gasteiger partial charge in [-0.3, -0.25) is 9.59 Å². The Kier molecular flexibility index (Phi) is 6.44. The van der Waals surface area contributed by atoms with Crippen LogP contribution in [0.5, 0.6) is 0 Å². The van der Waals surface area contributed by atoms with Gasteiger partial charge in [-0.1, -0.05) is 17.7 Å². The second kappa shape index (κ2) is 7.84. The van der Waals surface area contributed by atoms with Crippen LogP contribution in [0.25, 0.3) is 0 Å². The third-order valence-electron chi connectivity index (χ3n) is 2.68. The Balaban J connectivity index is 2.60. The molecule has 0 fully saturated rings. The molecule has 0 unspecified atom stereocenters. The fourth-order valence-electron chi connectivity index (χ4n) is 1.57. The van der Waals surface area contributed by atoms with Crippen LogP contribution < -0.4 is 16.4 Å². The van der Waals surface area contributed by atoms with E-state index in [1.165, 1.54) is 0 Å². The van der Waals surface area contributed by atoms with Crippen LogP contribution in [0.15, 0.2) is 18.2 Å². The molecule has 1 aromatic rings. The van der Waals surface area contributed by atoms with Crippen molar-refractivity contribution < 1.29 is 14.7 Å². The Morgan fingerprint density at radius 1 is 1.45 bits per heavy atom. The van der Waals surface area contributed by atoms with Crippen molar-refractivity contribution in [1.29, 1.82) is 0 Å². The van der Waals surface area contributed by atoms with Gasteiger partial charge in [0.1, 0.15) is 6.04 Å². The molecular weight excluding hydrogens is 282 g/mol. The smallest absolute Gasteiger partial charge is 0.321 e. The van der Waals surface area contributed by atoms with E-state index in [2.05, 4.69) is 10.6 Å². The SMILES string of the molecule is Cc1ccc(NC(=O)C[C@H](NCCN)C(=O)O)cc1Cl. The molecule has 0 bridgehead atoms. The van der Waals surface area contributed by atoms with E-state index in [0.29, 0.717) is 23.8 Å². The van der Waals surface area contributed by atoms with Crippen LogP contribution in [0.2, 0.25) is 5.02 Å². The van der Waals surface area contributed by atoms with E-state index >= 15 is 0 Å². The number of hydrogen-bond acceptors (Lipinski definition) is 4. The van der Waals surface area contributed by atoms with E-state index in [-0.39, 0.29) is 6.42 Å². The van der Waals surface area contributed by atoms with Gasteiger partial charge in [0.15, 0.2) is 0 Å². The summed E-state index contributed by atoms with van der Waals surface area (Å²) in [6.45, 7) is 2.49. The largest absolute Gasteiger partial charge is 0.480 e. The third kappa shape index (κ3) is 5.16. The van der Waals surface area contributed by atoms with Crippen LogP contribution in [-0.2, 0) is 9.59 Å². The highest BCUT2D eigenvalue weighted by Crippen LogP contribution is 2.20. The Hall–Kier alpha value is -1.63. The van der Waals surface area contributed by atoms with Crippen molar-refractivity contribution in [2.24, 2.45) is 5.73 Å². The molecule has 1 atom stereocenters. The summed E-state index contributed by atoms with van der Waals surface area (Å²) in [5, 5.41) is 14.8. The van der Waals surface area contributed by atoms with Gasteiger partial charge in [-0.05, 0) is 24.6 Å². The van der Waals surface area contributed by atoms with Gasteiger partial charge < -0.3 is 21.5 Å². The summed E-state index contributed by atoms with van der Waals surface area (Å²) in [5.41, 5.74) is 6.73. The number of rotatable bonds is 7. The Morgan fingerprint density at radius 2 is 2.15 bits per heavy atom. The number of amides is 1. The van der Waals surface area contributed by atoms with Crippen LogP contribution in [0.4, 0.5) is 5.69 Å². The molecule has 0 heterocycles. The zero-order valence-electron chi connectivity index (χ0n) is 11.1. The first kappa shape index (κ1) is 16.4. The maximum absolute atomic E-state index is 11.8. The number of aryl methyl sites for hydroxylation is 1. The van der Waals surface area contributed by atoms with Gasteiger partial charge in [-0.2, -0.15) is 0 Å². The Labute approximate surface area is 122 Å². The van der Waals surface area contributed by atoms with Gasteiger partial charge in [0, 0.05) is 23.8 Å². The van der Waals surface area contributed by atoms with Crippen molar-refractivity contribution in [3.63, 3.8) is 0 Å². The second-order valence-corrected chi connectivity index (χ2v) is 4.76. The minimum atomic E-state index is -1.09. The molecule has 7 heteroatoms. The lowest BCUT2D eigenvalue weighted by atomic mass is 10.2. The maximum atomic E-state index is 11.8. The van der Waals surface area contributed by atoms with Gasteiger partial charge in [-0.25, -0.2) is 0 Å². The van der Waals surface area contributed by atoms with Crippen LogP contribution in [0, 0.1) is 6.92 Å². The number of nitrogens with one attached hydrogen (secondary N) is 2. The number of carbonyl (C=O) groups is 2. The minimum Gasteiger partial charge on any atom is -0.480 e. The molecular formula is C13H18ClN3O3. The number of hydrogen-bond donors (Lipinski definition) is 4. The Bertz CT molecular complexity index is 494. The van der Waals surface area contributed by atoms with Crippen LogP contribution in [0.3, 0.4) is 0 Å². The van der Waals surface area contributed by atoms with E-state index in [9.17, 15) is 9.59 Å². The highest BCUT2D eigenvalue weighted by molar-refractivity contribution is 6.31. The molecule has 0 saturated heterocycles. The normalized spacial score (nSPS) is 11.9. The molecule has 0 radical (unpaired) electrons. The van der Waals surface area contributed by atoms with E-state index in [4.69, 9.17) is 22.4 Å². The Morgan fingerprint density at radius 3 is 2.70 bits per heavy atom. The number of benzene rings is 1. The molecule has 1 rings (SSSR count). The van der Waals surface area contributed by atoms with E-state index < -0.39 is 17.9 Å². The highest BCUT2D eigenvalue weighted by Gasteiger charge is 2.20. The van der Waals surface area contributed by atoms with Crippen LogP contribution in [-0.4, -0.2) is 36.1 Å². The average molecular weight is 300 g/mol. The summed E-state index contributed by atoms with van der Waals surface area (Å²) in [5.74, 6) is -1.49. The van der Waals surface area contributed by atoms with E-state index in [1.54, 1.807) is 18.2 Å². The van der Waals surface area contributed by atoms with Crippen molar-refractivity contribution in [2.45, 2.75) is 19.4 Å². The highest BCUT2D eigenvalue weighted by atomic mass is 35.5. The molecule has 20 heavy (non-hydrogen) atoms. The van der Waals surface area contributed by atoms with Crippen molar-refractivity contribution in [3.8, 4) is 0 Å². The summed E-state index contributed by atoms with van der Waals surface area (Å²) >= 11 is 5.95. The lowest BCUT2D eigenvalue weighted by Gasteiger charge is -2.14. The molecule has 0 aliphatic heterocycles.